The summed E-state index contributed by atoms with van der Waals surface area (Å²) < 4.78 is 36.1. The maximum absolute atomic E-state index is 10.9. The summed E-state index contributed by atoms with van der Waals surface area (Å²) in [6, 6.07) is 5.91. The molecule has 6 heteroatoms. The average Bonchev–Trinajstić information content (AvgIpc) is 2.40. The van der Waals surface area contributed by atoms with E-state index in [2.05, 4.69) is 31.7 Å². The fourth-order valence-electron chi connectivity index (χ4n) is 3.00. The van der Waals surface area contributed by atoms with E-state index in [0.717, 1.165) is 17.0 Å². The van der Waals surface area contributed by atoms with Gasteiger partial charge in [0, 0.05) is 23.9 Å². The quantitative estimate of drug-likeness (QED) is 0.843. The second-order valence-corrected chi connectivity index (χ2v) is 7.73. The number of hydrogen-bond acceptors (Lipinski definition) is 4. The molecular weight excluding hydrogens is 302 g/mol. The largest absolute Gasteiger partial charge is 0.497 e. The molecule has 122 valence electrons. The third kappa shape index (κ3) is 3.62. The Labute approximate surface area is 132 Å². The van der Waals surface area contributed by atoms with Crippen molar-refractivity contribution in [1.29, 1.82) is 0 Å². The Morgan fingerprint density at radius 1 is 1.32 bits per heavy atom. The van der Waals surface area contributed by atoms with Gasteiger partial charge in [0.15, 0.2) is 0 Å². The monoisotopic (exact) mass is 325 g/mol. The fourth-order valence-corrected chi connectivity index (χ4v) is 3.50. The van der Waals surface area contributed by atoms with E-state index in [9.17, 15) is 8.42 Å². The maximum Gasteiger partial charge on any atom is 0.264 e. The molecule has 1 aromatic carbocycles. The van der Waals surface area contributed by atoms with Crippen molar-refractivity contribution in [3.05, 3.63) is 29.8 Å². The van der Waals surface area contributed by atoms with Crippen molar-refractivity contribution in [3.8, 4) is 5.75 Å². The van der Waals surface area contributed by atoms with Gasteiger partial charge in [-0.1, -0.05) is 6.08 Å². The van der Waals surface area contributed by atoms with E-state index < -0.39 is 10.1 Å². The standard InChI is InChI=1S/C16H23NO4S/c1-12-11-16(2,3)17(8-5-9-22(18,19)20)15-10-13(21-4)6-7-14(12)15/h6-7,10-11H,5,8-9H2,1-4H3,(H,18,19,20). The first kappa shape index (κ1) is 16.8. The molecule has 0 fully saturated rings. The normalized spacial score (nSPS) is 17.0. The van der Waals surface area contributed by atoms with Gasteiger partial charge in [0.25, 0.3) is 10.1 Å². The summed E-state index contributed by atoms with van der Waals surface area (Å²) in [7, 11) is -2.30. The molecule has 0 amide bonds. The van der Waals surface area contributed by atoms with Gasteiger partial charge in [-0.15, -0.1) is 0 Å². The summed E-state index contributed by atoms with van der Waals surface area (Å²) >= 11 is 0. The van der Waals surface area contributed by atoms with Crippen molar-refractivity contribution in [3.63, 3.8) is 0 Å². The summed E-state index contributed by atoms with van der Waals surface area (Å²) in [5, 5.41) is 0. The topological polar surface area (TPSA) is 66.8 Å². The number of allylic oxidation sites excluding steroid dienone is 1. The van der Waals surface area contributed by atoms with Crippen molar-refractivity contribution >= 4 is 21.4 Å². The Kier molecular flexibility index (Phi) is 4.54. The van der Waals surface area contributed by atoms with Gasteiger partial charge in [-0.25, -0.2) is 0 Å². The third-order valence-electron chi connectivity index (χ3n) is 3.97. The Bertz CT molecular complexity index is 692. The van der Waals surface area contributed by atoms with Crippen molar-refractivity contribution in [2.24, 2.45) is 0 Å². The highest BCUT2D eigenvalue weighted by molar-refractivity contribution is 7.85. The molecule has 1 N–H and O–H groups in total. The lowest BCUT2D eigenvalue weighted by Gasteiger charge is -2.43. The van der Waals surface area contributed by atoms with Gasteiger partial charge >= 0.3 is 0 Å². The zero-order valence-electron chi connectivity index (χ0n) is 13.5. The second-order valence-electron chi connectivity index (χ2n) is 6.16. The molecule has 1 aliphatic rings. The molecule has 0 unspecified atom stereocenters. The van der Waals surface area contributed by atoms with Crippen LogP contribution in [0.5, 0.6) is 5.75 Å². The van der Waals surface area contributed by atoms with E-state index >= 15 is 0 Å². The highest BCUT2D eigenvalue weighted by Gasteiger charge is 2.31. The number of nitrogens with zero attached hydrogens (tertiary/aromatic N) is 1. The van der Waals surface area contributed by atoms with Crippen molar-refractivity contribution in [2.45, 2.75) is 32.7 Å². The molecule has 0 saturated carbocycles. The number of hydrogen-bond donors (Lipinski definition) is 1. The zero-order chi connectivity index (χ0) is 16.5. The average molecular weight is 325 g/mol. The van der Waals surface area contributed by atoms with Gasteiger partial charge in [0.2, 0.25) is 0 Å². The summed E-state index contributed by atoms with van der Waals surface area (Å²) in [6.07, 6.45) is 2.54. The summed E-state index contributed by atoms with van der Waals surface area (Å²) in [5.41, 5.74) is 3.10. The van der Waals surface area contributed by atoms with E-state index in [-0.39, 0.29) is 11.3 Å². The van der Waals surface area contributed by atoms with E-state index in [0.29, 0.717) is 13.0 Å². The second kappa shape index (κ2) is 5.93. The molecule has 0 aromatic heterocycles. The van der Waals surface area contributed by atoms with Crippen LogP contribution in [-0.2, 0) is 10.1 Å². The minimum atomic E-state index is -3.93. The minimum Gasteiger partial charge on any atom is -0.497 e. The maximum atomic E-state index is 10.9. The highest BCUT2D eigenvalue weighted by Crippen LogP contribution is 2.40. The van der Waals surface area contributed by atoms with Gasteiger partial charge in [0.05, 0.1) is 18.4 Å². The Balaban J connectivity index is 2.35. The molecule has 2 rings (SSSR count). The van der Waals surface area contributed by atoms with Gasteiger partial charge < -0.3 is 9.64 Å². The first-order chi connectivity index (χ1) is 10.1. The number of anilines is 1. The van der Waals surface area contributed by atoms with Gasteiger partial charge in [0.1, 0.15) is 5.75 Å². The molecule has 5 nitrogen and oxygen atoms in total. The predicted molar refractivity (Wildman–Crippen MR) is 89.1 cm³/mol. The van der Waals surface area contributed by atoms with Gasteiger partial charge in [-0.2, -0.15) is 8.42 Å². The van der Waals surface area contributed by atoms with Crippen LogP contribution in [0.2, 0.25) is 0 Å². The minimum absolute atomic E-state index is 0.233. The van der Waals surface area contributed by atoms with Crippen molar-refractivity contribution in [1.82, 2.24) is 0 Å². The van der Waals surface area contributed by atoms with Crippen LogP contribution in [0.3, 0.4) is 0 Å². The van der Waals surface area contributed by atoms with Gasteiger partial charge in [-0.3, -0.25) is 4.55 Å². The Morgan fingerprint density at radius 2 is 2.00 bits per heavy atom. The summed E-state index contributed by atoms with van der Waals surface area (Å²) in [5.74, 6) is 0.533. The summed E-state index contributed by atoms with van der Waals surface area (Å²) in [6.45, 7) is 6.79. The molecule has 22 heavy (non-hydrogen) atoms. The summed E-state index contributed by atoms with van der Waals surface area (Å²) in [4.78, 5) is 2.16. The molecule has 1 aliphatic heterocycles. The van der Waals surface area contributed by atoms with E-state index in [1.54, 1.807) is 7.11 Å². The molecule has 0 bridgehead atoms. The molecule has 0 aliphatic carbocycles. The van der Waals surface area contributed by atoms with Crippen LogP contribution in [-0.4, -0.2) is 37.9 Å². The van der Waals surface area contributed by atoms with E-state index in [4.69, 9.17) is 9.29 Å². The molecule has 0 atom stereocenters. The molecular formula is C16H23NO4S. The predicted octanol–water partition coefficient (Wildman–Crippen LogP) is 2.98. The lowest BCUT2D eigenvalue weighted by atomic mass is 9.88. The van der Waals surface area contributed by atoms with Crippen LogP contribution < -0.4 is 9.64 Å². The first-order valence-electron chi connectivity index (χ1n) is 7.25. The number of ether oxygens (including phenoxy) is 1. The van der Waals surface area contributed by atoms with Crippen LogP contribution in [0.15, 0.2) is 24.3 Å². The van der Waals surface area contributed by atoms with Gasteiger partial charge in [-0.05, 0) is 44.9 Å². The molecule has 0 radical (unpaired) electrons. The molecule has 0 spiro atoms. The third-order valence-corrected chi connectivity index (χ3v) is 4.77. The zero-order valence-corrected chi connectivity index (χ0v) is 14.3. The number of methoxy groups -OCH3 is 1. The number of benzene rings is 1. The Hall–Kier alpha value is -1.53. The lowest BCUT2D eigenvalue weighted by molar-refractivity contribution is 0.414. The lowest BCUT2D eigenvalue weighted by Crippen LogP contribution is -2.46. The number of rotatable bonds is 5. The SMILES string of the molecule is COc1ccc2c(c1)N(CCCS(=O)(=O)O)C(C)(C)C=C2C. The van der Waals surface area contributed by atoms with E-state index in [1.165, 1.54) is 5.57 Å². The van der Waals surface area contributed by atoms with Crippen molar-refractivity contribution in [2.75, 3.05) is 24.3 Å². The van der Waals surface area contributed by atoms with Crippen LogP contribution in [0, 0.1) is 0 Å². The fraction of sp³-hybridized carbons (Fsp3) is 0.500. The van der Waals surface area contributed by atoms with E-state index in [1.807, 2.05) is 18.2 Å². The molecule has 0 saturated heterocycles. The molecule has 1 aromatic rings. The Morgan fingerprint density at radius 3 is 2.59 bits per heavy atom. The van der Waals surface area contributed by atoms with Crippen LogP contribution >= 0.6 is 0 Å². The van der Waals surface area contributed by atoms with Crippen molar-refractivity contribution < 1.29 is 17.7 Å². The van der Waals surface area contributed by atoms with Crippen LogP contribution in [0.4, 0.5) is 5.69 Å². The van der Waals surface area contributed by atoms with Crippen LogP contribution in [0.1, 0.15) is 32.8 Å². The highest BCUT2D eigenvalue weighted by atomic mass is 32.2. The molecule has 1 heterocycles. The smallest absolute Gasteiger partial charge is 0.264 e. The first-order valence-corrected chi connectivity index (χ1v) is 8.85. The van der Waals surface area contributed by atoms with Crippen LogP contribution in [0.25, 0.3) is 5.57 Å². The number of fused-ring (bicyclic) bond motifs is 1.